The molecule has 0 saturated heterocycles. The molecule has 2 saturated carbocycles. The van der Waals surface area contributed by atoms with Gasteiger partial charge < -0.3 is 10.8 Å². The van der Waals surface area contributed by atoms with Crippen molar-refractivity contribution in [2.75, 3.05) is 6.54 Å². The topological polar surface area (TPSA) is 46.2 Å². The molecular formula is C18H35NO. The molecule has 2 rings (SSSR count). The Labute approximate surface area is 125 Å². The fraction of sp³-hybridized carbons (Fsp3) is 1.00. The molecule has 0 aliphatic heterocycles. The summed E-state index contributed by atoms with van der Waals surface area (Å²) in [4.78, 5) is 0. The molecule has 1 atom stereocenters. The summed E-state index contributed by atoms with van der Waals surface area (Å²) >= 11 is 0. The van der Waals surface area contributed by atoms with Gasteiger partial charge in [-0.25, -0.2) is 0 Å². The van der Waals surface area contributed by atoms with Crippen LogP contribution in [0.25, 0.3) is 0 Å². The van der Waals surface area contributed by atoms with Crippen LogP contribution in [0.15, 0.2) is 0 Å². The van der Waals surface area contributed by atoms with Gasteiger partial charge in [0.05, 0.1) is 5.60 Å². The first-order valence-electron chi connectivity index (χ1n) is 8.86. The summed E-state index contributed by atoms with van der Waals surface area (Å²) in [5, 5.41) is 11.5. The molecule has 2 aliphatic carbocycles. The van der Waals surface area contributed by atoms with E-state index in [9.17, 15) is 5.11 Å². The van der Waals surface area contributed by atoms with Gasteiger partial charge in [0.2, 0.25) is 0 Å². The number of hydrogen-bond acceptors (Lipinski definition) is 2. The van der Waals surface area contributed by atoms with Crippen molar-refractivity contribution in [3.8, 4) is 0 Å². The quantitative estimate of drug-likeness (QED) is 0.737. The van der Waals surface area contributed by atoms with Crippen LogP contribution in [0.2, 0.25) is 0 Å². The standard InChI is InChI=1S/C18H35NO/c1-16(2)9-8-12-18(20,14-13-16)17(15-19)10-6-4-3-5-7-11-17/h20H,3-15,19H2,1-2H3. The Morgan fingerprint density at radius 1 is 0.750 bits per heavy atom. The molecule has 0 spiro atoms. The molecule has 20 heavy (non-hydrogen) atoms. The van der Waals surface area contributed by atoms with Crippen molar-refractivity contribution in [2.24, 2.45) is 16.6 Å². The fourth-order valence-corrected chi connectivity index (χ4v) is 4.63. The first-order valence-corrected chi connectivity index (χ1v) is 8.86. The van der Waals surface area contributed by atoms with Crippen molar-refractivity contribution in [3.63, 3.8) is 0 Å². The summed E-state index contributed by atoms with van der Waals surface area (Å²) in [6.07, 6.45) is 14.3. The zero-order valence-electron chi connectivity index (χ0n) is 13.7. The van der Waals surface area contributed by atoms with Gasteiger partial charge in [0.15, 0.2) is 0 Å². The van der Waals surface area contributed by atoms with Gasteiger partial charge in [-0.1, -0.05) is 52.4 Å². The van der Waals surface area contributed by atoms with Crippen LogP contribution in [0.4, 0.5) is 0 Å². The second-order valence-electron chi connectivity index (χ2n) is 8.30. The lowest BCUT2D eigenvalue weighted by Gasteiger charge is -2.48. The Morgan fingerprint density at radius 2 is 1.35 bits per heavy atom. The molecule has 2 fully saturated rings. The maximum absolute atomic E-state index is 11.5. The summed E-state index contributed by atoms with van der Waals surface area (Å²) in [6, 6.07) is 0. The Kier molecular flexibility index (Phi) is 5.18. The van der Waals surface area contributed by atoms with Crippen molar-refractivity contribution in [3.05, 3.63) is 0 Å². The van der Waals surface area contributed by atoms with Crippen LogP contribution in [-0.2, 0) is 0 Å². The summed E-state index contributed by atoms with van der Waals surface area (Å²) in [6.45, 7) is 5.38. The molecule has 0 radical (unpaired) electrons. The van der Waals surface area contributed by atoms with Crippen LogP contribution in [0.1, 0.15) is 90.9 Å². The summed E-state index contributed by atoms with van der Waals surface area (Å²) in [5.74, 6) is 0. The minimum atomic E-state index is -0.507. The van der Waals surface area contributed by atoms with Crippen LogP contribution in [0, 0.1) is 10.8 Å². The van der Waals surface area contributed by atoms with Crippen molar-refractivity contribution >= 4 is 0 Å². The van der Waals surface area contributed by atoms with Crippen molar-refractivity contribution in [1.82, 2.24) is 0 Å². The smallest absolute Gasteiger partial charge is 0.0716 e. The molecule has 2 nitrogen and oxygen atoms in total. The second-order valence-corrected chi connectivity index (χ2v) is 8.30. The summed E-state index contributed by atoms with van der Waals surface area (Å²) in [5.41, 5.74) is 6.11. The Morgan fingerprint density at radius 3 is 1.95 bits per heavy atom. The van der Waals surface area contributed by atoms with E-state index in [-0.39, 0.29) is 5.41 Å². The molecule has 1 unspecified atom stereocenters. The van der Waals surface area contributed by atoms with E-state index in [0.29, 0.717) is 12.0 Å². The Hall–Kier alpha value is -0.0800. The van der Waals surface area contributed by atoms with E-state index in [1.54, 1.807) is 0 Å². The molecule has 0 bridgehead atoms. The predicted octanol–water partition coefficient (Wildman–Crippen LogP) is 4.40. The SMILES string of the molecule is CC1(C)CCCC(O)(C2(CN)CCCCCCC2)CC1. The van der Waals surface area contributed by atoms with E-state index in [1.807, 2.05) is 0 Å². The first-order chi connectivity index (χ1) is 9.43. The maximum Gasteiger partial charge on any atom is 0.0716 e. The zero-order chi connectivity index (χ0) is 14.7. The van der Waals surface area contributed by atoms with Gasteiger partial charge in [-0.15, -0.1) is 0 Å². The van der Waals surface area contributed by atoms with Crippen LogP contribution >= 0.6 is 0 Å². The Balaban J connectivity index is 2.18. The molecule has 118 valence electrons. The third-order valence-electron chi connectivity index (χ3n) is 6.35. The van der Waals surface area contributed by atoms with Crippen molar-refractivity contribution < 1.29 is 5.11 Å². The monoisotopic (exact) mass is 281 g/mol. The molecule has 0 aromatic heterocycles. The van der Waals surface area contributed by atoms with Gasteiger partial charge in [0.25, 0.3) is 0 Å². The van der Waals surface area contributed by atoms with Crippen LogP contribution in [0.3, 0.4) is 0 Å². The summed E-state index contributed by atoms with van der Waals surface area (Å²) in [7, 11) is 0. The lowest BCUT2D eigenvalue weighted by atomic mass is 9.62. The molecular weight excluding hydrogens is 246 g/mol. The fourth-order valence-electron chi connectivity index (χ4n) is 4.63. The largest absolute Gasteiger partial charge is 0.389 e. The molecule has 0 heterocycles. The van der Waals surface area contributed by atoms with Gasteiger partial charge in [-0.2, -0.15) is 0 Å². The van der Waals surface area contributed by atoms with Crippen LogP contribution in [-0.4, -0.2) is 17.3 Å². The minimum absolute atomic E-state index is 0.00611. The average Bonchev–Trinajstić information content (AvgIpc) is 2.50. The number of rotatable bonds is 2. The predicted molar refractivity (Wildman–Crippen MR) is 85.6 cm³/mol. The highest BCUT2D eigenvalue weighted by atomic mass is 16.3. The highest BCUT2D eigenvalue weighted by Gasteiger charge is 2.49. The zero-order valence-corrected chi connectivity index (χ0v) is 13.7. The van der Waals surface area contributed by atoms with Gasteiger partial charge in [0, 0.05) is 12.0 Å². The van der Waals surface area contributed by atoms with E-state index in [0.717, 1.165) is 38.5 Å². The lowest BCUT2D eigenvalue weighted by Crippen LogP contribution is -2.53. The Bertz CT molecular complexity index is 305. The average molecular weight is 281 g/mol. The number of nitrogens with two attached hydrogens (primary N) is 1. The van der Waals surface area contributed by atoms with Crippen molar-refractivity contribution in [1.29, 1.82) is 0 Å². The highest BCUT2D eigenvalue weighted by molar-refractivity contribution is 5.02. The van der Waals surface area contributed by atoms with Crippen LogP contribution in [0.5, 0.6) is 0 Å². The molecule has 0 amide bonds. The van der Waals surface area contributed by atoms with E-state index >= 15 is 0 Å². The summed E-state index contributed by atoms with van der Waals surface area (Å²) < 4.78 is 0. The second kappa shape index (κ2) is 6.36. The molecule has 2 aliphatic rings. The maximum atomic E-state index is 11.5. The molecule has 3 N–H and O–H groups in total. The van der Waals surface area contributed by atoms with E-state index in [2.05, 4.69) is 13.8 Å². The molecule has 0 aromatic carbocycles. The normalized spacial score (nSPS) is 34.8. The van der Waals surface area contributed by atoms with E-state index in [4.69, 9.17) is 5.73 Å². The molecule has 0 aromatic rings. The third-order valence-corrected chi connectivity index (χ3v) is 6.35. The van der Waals surface area contributed by atoms with Crippen LogP contribution < -0.4 is 5.73 Å². The van der Waals surface area contributed by atoms with Gasteiger partial charge in [-0.05, 0) is 43.9 Å². The molecule has 2 heteroatoms. The first kappa shape index (κ1) is 16.3. The number of aliphatic hydroxyl groups is 1. The van der Waals surface area contributed by atoms with E-state index < -0.39 is 5.60 Å². The number of hydrogen-bond donors (Lipinski definition) is 2. The van der Waals surface area contributed by atoms with Gasteiger partial charge in [0.1, 0.15) is 0 Å². The van der Waals surface area contributed by atoms with Crippen molar-refractivity contribution in [2.45, 2.75) is 96.5 Å². The van der Waals surface area contributed by atoms with Gasteiger partial charge >= 0.3 is 0 Å². The minimum Gasteiger partial charge on any atom is -0.389 e. The van der Waals surface area contributed by atoms with E-state index in [1.165, 1.54) is 38.5 Å². The lowest BCUT2D eigenvalue weighted by molar-refractivity contribution is -0.105. The van der Waals surface area contributed by atoms with Gasteiger partial charge in [-0.3, -0.25) is 0 Å². The third kappa shape index (κ3) is 3.39. The highest BCUT2D eigenvalue weighted by Crippen LogP contribution is 2.51.